The number of aromatic nitrogens is 4. The van der Waals surface area contributed by atoms with Gasteiger partial charge in [0.15, 0.2) is 5.82 Å². The molecule has 4 aromatic rings. The molecule has 1 saturated heterocycles. The summed E-state index contributed by atoms with van der Waals surface area (Å²) in [5.41, 5.74) is 2.88. The van der Waals surface area contributed by atoms with Crippen LogP contribution in [-0.4, -0.2) is 56.9 Å². The van der Waals surface area contributed by atoms with Gasteiger partial charge in [0, 0.05) is 36.0 Å². The Balaban J connectivity index is 1.42. The SMILES string of the molecule is Cc1ccc(-c2nn3c(C)nnc3s2)cc1NC(=O)c1ccc(N2CCOCC2)c([N+](=O)[O-])c1. The van der Waals surface area contributed by atoms with Crippen LogP contribution in [-0.2, 0) is 4.74 Å². The Labute approximate surface area is 198 Å². The molecule has 0 bridgehead atoms. The molecule has 0 radical (unpaired) electrons. The predicted octanol–water partition coefficient (Wildman–Crippen LogP) is 3.47. The Bertz CT molecular complexity index is 1410. The fourth-order valence-electron chi connectivity index (χ4n) is 3.80. The van der Waals surface area contributed by atoms with Gasteiger partial charge in [0.2, 0.25) is 4.96 Å². The van der Waals surface area contributed by atoms with Crippen molar-refractivity contribution in [2.45, 2.75) is 13.8 Å². The maximum absolute atomic E-state index is 13.0. The van der Waals surface area contributed by atoms with E-state index in [-0.39, 0.29) is 11.3 Å². The summed E-state index contributed by atoms with van der Waals surface area (Å²) in [6.45, 7) is 5.86. The van der Waals surface area contributed by atoms with Crippen molar-refractivity contribution in [3.05, 3.63) is 63.5 Å². The van der Waals surface area contributed by atoms with Crippen molar-refractivity contribution in [1.82, 2.24) is 19.8 Å². The van der Waals surface area contributed by atoms with Gasteiger partial charge in [-0.2, -0.15) is 9.61 Å². The molecule has 0 aliphatic carbocycles. The van der Waals surface area contributed by atoms with Gasteiger partial charge in [-0.05, 0) is 37.6 Å². The lowest BCUT2D eigenvalue weighted by Gasteiger charge is -2.28. The fourth-order valence-corrected chi connectivity index (χ4v) is 4.68. The van der Waals surface area contributed by atoms with E-state index in [0.717, 1.165) is 16.1 Å². The molecule has 0 unspecified atom stereocenters. The molecule has 1 aliphatic rings. The van der Waals surface area contributed by atoms with Crippen molar-refractivity contribution in [1.29, 1.82) is 0 Å². The molecule has 2 aromatic carbocycles. The van der Waals surface area contributed by atoms with Gasteiger partial charge in [-0.25, -0.2) is 0 Å². The van der Waals surface area contributed by atoms with E-state index in [9.17, 15) is 14.9 Å². The van der Waals surface area contributed by atoms with E-state index in [4.69, 9.17) is 4.74 Å². The van der Waals surface area contributed by atoms with E-state index in [2.05, 4.69) is 20.6 Å². The first kappa shape index (κ1) is 21.9. The molecule has 174 valence electrons. The van der Waals surface area contributed by atoms with Gasteiger partial charge in [0.05, 0.1) is 18.1 Å². The van der Waals surface area contributed by atoms with E-state index in [1.54, 1.807) is 16.6 Å². The van der Waals surface area contributed by atoms with E-state index < -0.39 is 10.8 Å². The summed E-state index contributed by atoms with van der Waals surface area (Å²) < 4.78 is 7.01. The number of ether oxygens (including phenoxy) is 1. The van der Waals surface area contributed by atoms with Crippen LogP contribution in [0.1, 0.15) is 21.7 Å². The average molecular weight is 480 g/mol. The van der Waals surface area contributed by atoms with Crippen LogP contribution in [0.3, 0.4) is 0 Å². The topological polar surface area (TPSA) is 128 Å². The minimum absolute atomic E-state index is 0.102. The number of anilines is 2. The lowest BCUT2D eigenvalue weighted by molar-refractivity contribution is -0.384. The van der Waals surface area contributed by atoms with Crippen LogP contribution in [0, 0.1) is 24.0 Å². The Morgan fingerprint density at radius 3 is 2.68 bits per heavy atom. The zero-order chi connectivity index (χ0) is 23.8. The number of fused-ring (bicyclic) bond motifs is 1. The summed E-state index contributed by atoms with van der Waals surface area (Å²) in [5.74, 6) is 0.270. The molecule has 1 amide bonds. The molecular formula is C22H21N7O4S. The van der Waals surface area contributed by atoms with Crippen molar-refractivity contribution >= 4 is 39.3 Å². The summed E-state index contributed by atoms with van der Waals surface area (Å²) in [5, 5.41) is 28.0. The number of nitro groups is 1. The molecule has 0 saturated carbocycles. The smallest absolute Gasteiger partial charge is 0.293 e. The molecule has 5 rings (SSSR count). The van der Waals surface area contributed by atoms with Crippen molar-refractivity contribution in [2.24, 2.45) is 0 Å². The highest BCUT2D eigenvalue weighted by Crippen LogP contribution is 2.32. The summed E-state index contributed by atoms with van der Waals surface area (Å²) in [6, 6.07) is 10.2. The monoisotopic (exact) mass is 479 g/mol. The minimum atomic E-state index is -0.455. The second-order valence-electron chi connectivity index (χ2n) is 7.89. The first-order valence-electron chi connectivity index (χ1n) is 10.6. The molecule has 3 heterocycles. The molecule has 0 atom stereocenters. The molecule has 1 fully saturated rings. The lowest BCUT2D eigenvalue weighted by Crippen LogP contribution is -2.36. The number of nitrogens with one attached hydrogen (secondary N) is 1. The third-order valence-electron chi connectivity index (χ3n) is 5.67. The highest BCUT2D eigenvalue weighted by molar-refractivity contribution is 7.19. The maximum atomic E-state index is 13.0. The summed E-state index contributed by atoms with van der Waals surface area (Å²) in [7, 11) is 0. The highest BCUT2D eigenvalue weighted by Gasteiger charge is 2.23. The summed E-state index contributed by atoms with van der Waals surface area (Å²) in [6.07, 6.45) is 0. The molecule has 2 aromatic heterocycles. The number of nitrogens with zero attached hydrogens (tertiary/aromatic N) is 6. The van der Waals surface area contributed by atoms with Crippen LogP contribution in [0.4, 0.5) is 17.1 Å². The van der Waals surface area contributed by atoms with E-state index >= 15 is 0 Å². The van der Waals surface area contributed by atoms with Crippen LogP contribution >= 0.6 is 11.3 Å². The number of amides is 1. The Morgan fingerprint density at radius 1 is 1.15 bits per heavy atom. The molecule has 1 aliphatic heterocycles. The molecule has 11 nitrogen and oxygen atoms in total. The first-order valence-corrected chi connectivity index (χ1v) is 11.4. The average Bonchev–Trinajstić information content (AvgIpc) is 3.42. The zero-order valence-corrected chi connectivity index (χ0v) is 19.3. The van der Waals surface area contributed by atoms with Crippen molar-refractivity contribution in [2.75, 3.05) is 36.5 Å². The molecule has 34 heavy (non-hydrogen) atoms. The molecule has 1 N–H and O–H groups in total. The quantitative estimate of drug-likeness (QED) is 0.340. The van der Waals surface area contributed by atoms with E-state index in [0.29, 0.717) is 48.5 Å². The third kappa shape index (κ3) is 4.08. The number of nitro benzene ring substituents is 1. The number of morpholine rings is 1. The van der Waals surface area contributed by atoms with Crippen molar-refractivity contribution < 1.29 is 14.5 Å². The number of carbonyl (C=O) groups excluding carboxylic acids is 1. The standard InChI is InChI=1S/C22H21N7O4S/c1-13-3-4-16(21-26-28-14(2)24-25-22(28)34-21)11-17(13)23-20(30)15-5-6-18(19(12-15)29(31)32)27-7-9-33-10-8-27/h3-6,11-12H,7-10H2,1-2H3,(H,23,30). The van der Waals surface area contributed by atoms with Crippen LogP contribution in [0.2, 0.25) is 0 Å². The Morgan fingerprint density at radius 2 is 1.94 bits per heavy atom. The maximum Gasteiger partial charge on any atom is 0.293 e. The van der Waals surface area contributed by atoms with Crippen molar-refractivity contribution in [3.63, 3.8) is 0 Å². The summed E-state index contributed by atoms with van der Waals surface area (Å²) in [4.78, 5) is 26.9. The van der Waals surface area contributed by atoms with Crippen LogP contribution in [0.5, 0.6) is 0 Å². The van der Waals surface area contributed by atoms with Gasteiger partial charge in [0.25, 0.3) is 11.6 Å². The van der Waals surface area contributed by atoms with Gasteiger partial charge >= 0.3 is 0 Å². The van der Waals surface area contributed by atoms with Gasteiger partial charge in [-0.1, -0.05) is 23.5 Å². The number of aryl methyl sites for hydroxylation is 2. The molecular weight excluding hydrogens is 458 g/mol. The second kappa shape index (κ2) is 8.80. The largest absolute Gasteiger partial charge is 0.378 e. The molecule has 0 spiro atoms. The minimum Gasteiger partial charge on any atom is -0.378 e. The number of rotatable bonds is 5. The van der Waals surface area contributed by atoms with Crippen molar-refractivity contribution in [3.8, 4) is 10.6 Å². The third-order valence-corrected chi connectivity index (χ3v) is 6.61. The number of benzene rings is 2. The highest BCUT2D eigenvalue weighted by atomic mass is 32.1. The number of carbonyl (C=O) groups is 1. The van der Waals surface area contributed by atoms with Gasteiger partial charge < -0.3 is 15.0 Å². The van der Waals surface area contributed by atoms with Gasteiger partial charge in [-0.15, -0.1) is 10.2 Å². The lowest BCUT2D eigenvalue weighted by atomic mass is 10.1. The van der Waals surface area contributed by atoms with E-state index in [1.165, 1.54) is 17.4 Å². The number of hydrogen-bond donors (Lipinski definition) is 1. The fraction of sp³-hybridized carbons (Fsp3) is 0.273. The molecule has 12 heteroatoms. The predicted molar refractivity (Wildman–Crippen MR) is 128 cm³/mol. The Kier molecular flexibility index (Phi) is 5.67. The second-order valence-corrected chi connectivity index (χ2v) is 8.85. The van der Waals surface area contributed by atoms with Crippen LogP contribution < -0.4 is 10.2 Å². The van der Waals surface area contributed by atoms with Gasteiger partial charge in [0.1, 0.15) is 10.7 Å². The zero-order valence-electron chi connectivity index (χ0n) is 18.5. The van der Waals surface area contributed by atoms with Gasteiger partial charge in [-0.3, -0.25) is 14.9 Å². The van der Waals surface area contributed by atoms with E-state index in [1.807, 2.05) is 36.9 Å². The Hall–Kier alpha value is -3.90. The summed E-state index contributed by atoms with van der Waals surface area (Å²) >= 11 is 1.40. The van der Waals surface area contributed by atoms with Crippen LogP contribution in [0.15, 0.2) is 36.4 Å². The number of hydrogen-bond acceptors (Lipinski definition) is 9. The van der Waals surface area contributed by atoms with Crippen LogP contribution in [0.25, 0.3) is 15.5 Å². The first-order chi connectivity index (χ1) is 16.4. The normalized spacial score (nSPS) is 13.9.